The molecule has 0 atom stereocenters. The zero-order valence-corrected chi connectivity index (χ0v) is 14.2. The fraction of sp³-hybridized carbons (Fsp3) is 0. The van der Waals surface area contributed by atoms with Gasteiger partial charge in [-0.25, -0.2) is 0 Å². The number of thioether (sulfide) groups is 1. The van der Waals surface area contributed by atoms with Gasteiger partial charge in [-0.3, -0.25) is 9.59 Å². The molecule has 3 rings (SSSR count). The molecule has 0 saturated heterocycles. The van der Waals surface area contributed by atoms with Crippen LogP contribution in [-0.4, -0.2) is 20.8 Å². The number of benzene rings is 2. The molecule has 0 unspecified atom stereocenters. The predicted octanol–water partition coefficient (Wildman–Crippen LogP) is 4.30. The Bertz CT molecular complexity index is 902. The number of hydrogen-bond acceptors (Lipinski definition) is 6. The monoisotopic (exact) mass is 358 g/mol. The van der Waals surface area contributed by atoms with Gasteiger partial charge in [0.1, 0.15) is 0 Å². The molecule has 4 nitrogen and oxygen atoms in total. The molecule has 7 heteroatoms. The molecular formula is C16H10N2O2S3. The SMILES string of the molecule is O=C(Sc1nn(C(=O)c2ccccc2)c(=S)s1)c1ccccc1. The smallest absolute Gasteiger partial charge is 0.280 e. The summed E-state index contributed by atoms with van der Waals surface area (Å²) < 4.78 is 1.94. The Kier molecular flexibility index (Phi) is 4.80. The molecule has 3 aromatic rings. The predicted molar refractivity (Wildman–Crippen MR) is 93.7 cm³/mol. The van der Waals surface area contributed by atoms with Crippen LogP contribution in [-0.2, 0) is 0 Å². The van der Waals surface area contributed by atoms with E-state index in [9.17, 15) is 9.59 Å². The van der Waals surface area contributed by atoms with E-state index >= 15 is 0 Å². The van der Waals surface area contributed by atoms with Crippen molar-refractivity contribution in [3.8, 4) is 0 Å². The van der Waals surface area contributed by atoms with Gasteiger partial charge in [0.15, 0.2) is 8.29 Å². The van der Waals surface area contributed by atoms with Crippen molar-refractivity contribution in [2.75, 3.05) is 0 Å². The lowest BCUT2D eigenvalue weighted by molar-refractivity contribution is 0.0941. The first-order valence-corrected chi connectivity index (χ1v) is 8.66. The van der Waals surface area contributed by atoms with Crippen LogP contribution in [0.25, 0.3) is 0 Å². The Morgan fingerprint density at radius 2 is 1.52 bits per heavy atom. The summed E-state index contributed by atoms with van der Waals surface area (Å²) in [6.07, 6.45) is 0. The number of rotatable bonds is 3. The van der Waals surface area contributed by atoms with Crippen molar-refractivity contribution < 1.29 is 9.59 Å². The van der Waals surface area contributed by atoms with Gasteiger partial charge in [0.25, 0.3) is 5.91 Å². The van der Waals surface area contributed by atoms with Crippen LogP contribution in [0.2, 0.25) is 0 Å². The fourth-order valence-corrected chi connectivity index (χ4v) is 4.01. The molecule has 0 radical (unpaired) electrons. The number of hydrogen-bond donors (Lipinski definition) is 0. The van der Waals surface area contributed by atoms with E-state index in [1.807, 2.05) is 12.1 Å². The Balaban J connectivity index is 1.83. The van der Waals surface area contributed by atoms with Crippen LogP contribution in [0.15, 0.2) is 65.0 Å². The maximum Gasteiger partial charge on any atom is 0.280 e. The van der Waals surface area contributed by atoms with Gasteiger partial charge in [0.2, 0.25) is 5.12 Å². The van der Waals surface area contributed by atoms with Gasteiger partial charge in [-0.05, 0) is 36.1 Å². The van der Waals surface area contributed by atoms with Crippen molar-refractivity contribution in [3.05, 3.63) is 75.7 Å². The van der Waals surface area contributed by atoms with Crippen LogP contribution >= 0.6 is 35.3 Å². The Morgan fingerprint density at radius 1 is 0.957 bits per heavy atom. The summed E-state index contributed by atoms with van der Waals surface area (Å²) in [6.45, 7) is 0. The number of carbonyl (C=O) groups is 2. The van der Waals surface area contributed by atoms with Gasteiger partial charge in [-0.15, -0.1) is 5.10 Å². The lowest BCUT2D eigenvalue weighted by Crippen LogP contribution is -2.13. The third-order valence-corrected chi connectivity index (χ3v) is 5.14. The van der Waals surface area contributed by atoms with Crippen LogP contribution in [0.5, 0.6) is 0 Å². The third-order valence-electron chi connectivity index (χ3n) is 2.93. The standard InChI is InChI=1S/C16H10N2O2S3/c19-13(11-7-3-1-4-8-11)18-16(21)23-15(17-18)22-14(20)12-9-5-2-6-10-12/h1-10H. The molecular weight excluding hydrogens is 348 g/mol. The molecule has 2 aromatic carbocycles. The molecule has 0 amide bonds. The number of nitrogens with zero attached hydrogens (tertiary/aromatic N) is 2. The van der Waals surface area contributed by atoms with E-state index in [0.29, 0.717) is 19.4 Å². The fourth-order valence-electron chi connectivity index (χ4n) is 1.85. The molecule has 0 aliphatic rings. The Morgan fingerprint density at radius 3 is 2.13 bits per heavy atom. The van der Waals surface area contributed by atoms with Crippen LogP contribution in [0.3, 0.4) is 0 Å². The average Bonchev–Trinajstić information content (AvgIpc) is 2.96. The van der Waals surface area contributed by atoms with Crippen LogP contribution in [0, 0.1) is 3.95 Å². The van der Waals surface area contributed by atoms with Crippen molar-refractivity contribution in [2.45, 2.75) is 4.34 Å². The first kappa shape index (κ1) is 15.8. The van der Waals surface area contributed by atoms with E-state index in [-0.39, 0.29) is 11.0 Å². The summed E-state index contributed by atoms with van der Waals surface area (Å²) >= 11 is 7.31. The summed E-state index contributed by atoms with van der Waals surface area (Å²) in [5, 5.41) is 4.04. The van der Waals surface area contributed by atoms with Gasteiger partial charge in [-0.1, -0.05) is 59.9 Å². The van der Waals surface area contributed by atoms with E-state index in [1.165, 1.54) is 0 Å². The van der Waals surface area contributed by atoms with Crippen molar-refractivity contribution in [3.63, 3.8) is 0 Å². The summed E-state index contributed by atoms with van der Waals surface area (Å²) in [7, 11) is 0. The van der Waals surface area contributed by atoms with E-state index in [0.717, 1.165) is 27.8 Å². The molecule has 1 aromatic heterocycles. The largest absolute Gasteiger partial charge is 0.281 e. The second-order valence-corrected chi connectivity index (χ2v) is 7.32. The molecule has 0 saturated carbocycles. The van der Waals surface area contributed by atoms with E-state index in [4.69, 9.17) is 12.2 Å². The highest BCUT2D eigenvalue weighted by Crippen LogP contribution is 2.26. The highest BCUT2D eigenvalue weighted by atomic mass is 32.2. The van der Waals surface area contributed by atoms with Crippen LogP contribution in [0.1, 0.15) is 20.7 Å². The molecule has 0 fully saturated rings. The minimum absolute atomic E-state index is 0.131. The molecule has 0 aliphatic carbocycles. The maximum absolute atomic E-state index is 12.4. The zero-order valence-electron chi connectivity index (χ0n) is 11.7. The first-order chi connectivity index (χ1) is 11.1. The van der Waals surface area contributed by atoms with Crippen molar-refractivity contribution in [1.82, 2.24) is 9.78 Å². The van der Waals surface area contributed by atoms with Crippen molar-refractivity contribution in [2.24, 2.45) is 0 Å². The molecule has 0 bridgehead atoms. The summed E-state index contributed by atoms with van der Waals surface area (Å²) in [5.41, 5.74) is 1.08. The second kappa shape index (κ2) is 6.99. The van der Waals surface area contributed by atoms with Crippen molar-refractivity contribution >= 4 is 46.3 Å². The quantitative estimate of drug-likeness (QED) is 0.516. The molecule has 0 N–H and O–H groups in total. The number of carbonyl (C=O) groups excluding carboxylic acids is 2. The topological polar surface area (TPSA) is 52.0 Å². The normalized spacial score (nSPS) is 10.4. The minimum atomic E-state index is -0.300. The zero-order chi connectivity index (χ0) is 16.2. The van der Waals surface area contributed by atoms with Gasteiger partial charge in [-0.2, -0.15) is 4.68 Å². The maximum atomic E-state index is 12.4. The minimum Gasteiger partial charge on any atom is -0.281 e. The van der Waals surface area contributed by atoms with Gasteiger partial charge >= 0.3 is 0 Å². The first-order valence-electron chi connectivity index (χ1n) is 6.62. The summed E-state index contributed by atoms with van der Waals surface area (Å²) in [5.74, 6) is -0.300. The van der Waals surface area contributed by atoms with E-state index in [1.54, 1.807) is 48.5 Å². The highest BCUT2D eigenvalue weighted by molar-refractivity contribution is 8.15. The average molecular weight is 358 g/mol. The van der Waals surface area contributed by atoms with Crippen LogP contribution in [0.4, 0.5) is 0 Å². The second-order valence-electron chi connectivity index (χ2n) is 4.47. The Labute approximate surface area is 145 Å². The molecule has 114 valence electrons. The number of aromatic nitrogens is 2. The van der Waals surface area contributed by atoms with E-state index < -0.39 is 0 Å². The van der Waals surface area contributed by atoms with Gasteiger partial charge in [0, 0.05) is 11.1 Å². The molecule has 23 heavy (non-hydrogen) atoms. The van der Waals surface area contributed by atoms with Crippen molar-refractivity contribution in [1.29, 1.82) is 0 Å². The van der Waals surface area contributed by atoms with Gasteiger partial charge < -0.3 is 0 Å². The Hall–Kier alpha value is -2.09. The molecule has 1 heterocycles. The molecule has 0 aliphatic heterocycles. The van der Waals surface area contributed by atoms with Gasteiger partial charge in [0.05, 0.1) is 0 Å². The third kappa shape index (κ3) is 3.64. The summed E-state index contributed by atoms with van der Waals surface area (Å²) in [4.78, 5) is 24.6. The lowest BCUT2D eigenvalue weighted by atomic mass is 10.2. The van der Waals surface area contributed by atoms with Crippen LogP contribution < -0.4 is 0 Å². The molecule has 0 spiro atoms. The lowest BCUT2D eigenvalue weighted by Gasteiger charge is -1.99. The highest BCUT2D eigenvalue weighted by Gasteiger charge is 2.16. The van der Waals surface area contributed by atoms with E-state index in [2.05, 4.69) is 5.10 Å². The summed E-state index contributed by atoms with van der Waals surface area (Å²) in [6, 6.07) is 17.7.